The molecule has 0 aliphatic rings. The first-order chi connectivity index (χ1) is 12.6. The lowest BCUT2D eigenvalue weighted by Gasteiger charge is -2.09. The second-order valence-electron chi connectivity index (χ2n) is 5.40. The van der Waals surface area contributed by atoms with Gasteiger partial charge in [-0.05, 0) is 36.8 Å². The monoisotopic (exact) mass is 369 g/mol. The molecule has 8 heteroatoms. The van der Waals surface area contributed by atoms with Gasteiger partial charge < -0.3 is 4.74 Å². The fourth-order valence-electron chi connectivity index (χ4n) is 2.12. The van der Waals surface area contributed by atoms with Gasteiger partial charge >= 0.3 is 5.69 Å². The molecule has 0 amide bonds. The number of hydrazone groups is 1. The number of H-pyrrole nitrogens is 1. The number of hydrogen-bond acceptors (Lipinski definition) is 6. The van der Waals surface area contributed by atoms with Crippen LogP contribution in [0.2, 0.25) is 5.02 Å². The lowest BCUT2D eigenvalue weighted by molar-refractivity contribution is 0.306. The molecule has 0 atom stereocenters. The maximum atomic E-state index is 11.2. The van der Waals surface area contributed by atoms with Gasteiger partial charge in [0.2, 0.25) is 0 Å². The number of rotatable bonds is 6. The van der Waals surface area contributed by atoms with Crippen LogP contribution in [0.1, 0.15) is 16.8 Å². The lowest BCUT2D eigenvalue weighted by atomic mass is 10.2. The molecule has 2 N–H and O–H groups in total. The smallest absolute Gasteiger partial charge is 0.363 e. The summed E-state index contributed by atoms with van der Waals surface area (Å²) < 4.78 is 5.86. The number of benzene rings is 2. The number of hydrogen-bond donors (Lipinski definition) is 2. The Balaban J connectivity index is 1.69. The first-order valence-corrected chi connectivity index (χ1v) is 8.18. The van der Waals surface area contributed by atoms with Gasteiger partial charge in [0, 0.05) is 10.6 Å². The minimum absolute atomic E-state index is 0.296. The number of halogens is 1. The molecule has 132 valence electrons. The highest BCUT2D eigenvalue weighted by Gasteiger charge is 2.03. The van der Waals surface area contributed by atoms with Gasteiger partial charge in [-0.1, -0.05) is 35.9 Å². The van der Waals surface area contributed by atoms with Gasteiger partial charge in [-0.15, -0.1) is 0 Å². The Labute approximate surface area is 154 Å². The SMILES string of the molecule is Cc1n[nH]c(=O)nc1NN=Cc1ccccc1OCc1ccc(Cl)cc1. The fourth-order valence-corrected chi connectivity index (χ4v) is 2.25. The van der Waals surface area contributed by atoms with Crippen molar-refractivity contribution in [2.24, 2.45) is 5.10 Å². The molecule has 0 radical (unpaired) electrons. The van der Waals surface area contributed by atoms with Gasteiger partial charge in [0.15, 0.2) is 5.82 Å². The van der Waals surface area contributed by atoms with Crippen LogP contribution in [0.4, 0.5) is 5.82 Å². The molecular formula is C18H16ClN5O2. The predicted octanol–water partition coefficient (Wildman–Crippen LogP) is 3.15. The molecule has 2 aromatic carbocycles. The highest BCUT2D eigenvalue weighted by atomic mass is 35.5. The Morgan fingerprint density at radius 3 is 2.81 bits per heavy atom. The third-order valence-electron chi connectivity index (χ3n) is 3.48. The van der Waals surface area contributed by atoms with E-state index in [9.17, 15) is 4.79 Å². The van der Waals surface area contributed by atoms with E-state index in [0.29, 0.717) is 28.9 Å². The molecule has 0 saturated carbocycles. The molecule has 26 heavy (non-hydrogen) atoms. The Kier molecular flexibility index (Phi) is 5.60. The fraction of sp³-hybridized carbons (Fsp3) is 0.111. The van der Waals surface area contributed by atoms with Crippen molar-refractivity contribution in [1.82, 2.24) is 15.2 Å². The second kappa shape index (κ2) is 8.26. The predicted molar refractivity (Wildman–Crippen MR) is 101 cm³/mol. The Morgan fingerprint density at radius 2 is 2.00 bits per heavy atom. The normalized spacial score (nSPS) is 10.8. The minimum atomic E-state index is -0.542. The van der Waals surface area contributed by atoms with Crippen LogP contribution in [0.3, 0.4) is 0 Å². The standard InChI is InChI=1S/C18H16ClN5O2/c1-12-17(21-18(25)24-22-12)23-20-10-14-4-2-3-5-16(14)26-11-13-6-8-15(19)9-7-13/h2-10H,11H2,1H3,(H2,21,23,24,25). The minimum Gasteiger partial charge on any atom is -0.488 e. The number of para-hydroxylation sites is 1. The van der Waals surface area contributed by atoms with Crippen molar-refractivity contribution < 1.29 is 4.74 Å². The first kappa shape index (κ1) is 17.6. The number of nitrogens with zero attached hydrogens (tertiary/aromatic N) is 3. The first-order valence-electron chi connectivity index (χ1n) is 7.80. The van der Waals surface area contributed by atoms with Gasteiger partial charge in [0.1, 0.15) is 18.1 Å². The summed E-state index contributed by atoms with van der Waals surface area (Å²) in [4.78, 5) is 15.0. The van der Waals surface area contributed by atoms with Crippen LogP contribution in [0.25, 0.3) is 0 Å². The zero-order valence-corrected chi connectivity index (χ0v) is 14.7. The zero-order chi connectivity index (χ0) is 18.4. The van der Waals surface area contributed by atoms with Crippen molar-refractivity contribution in [3.63, 3.8) is 0 Å². The third kappa shape index (κ3) is 4.67. The highest BCUT2D eigenvalue weighted by molar-refractivity contribution is 6.30. The summed E-state index contributed by atoms with van der Waals surface area (Å²) in [5.74, 6) is 0.978. The maximum absolute atomic E-state index is 11.2. The summed E-state index contributed by atoms with van der Waals surface area (Å²) in [6.07, 6.45) is 1.60. The van der Waals surface area contributed by atoms with Crippen LogP contribution in [0, 0.1) is 6.92 Å². The molecule has 0 bridgehead atoms. The number of aromatic nitrogens is 3. The average Bonchev–Trinajstić information content (AvgIpc) is 2.65. The number of aryl methyl sites for hydroxylation is 1. The molecule has 0 spiro atoms. The van der Waals surface area contributed by atoms with Crippen LogP contribution in [0.15, 0.2) is 58.4 Å². The Bertz CT molecular complexity index is 970. The van der Waals surface area contributed by atoms with Crippen molar-refractivity contribution in [2.45, 2.75) is 13.5 Å². The van der Waals surface area contributed by atoms with Crippen LogP contribution < -0.4 is 15.9 Å². The van der Waals surface area contributed by atoms with E-state index in [1.807, 2.05) is 48.5 Å². The van der Waals surface area contributed by atoms with Gasteiger partial charge in [-0.2, -0.15) is 15.2 Å². The summed E-state index contributed by atoms with van der Waals surface area (Å²) in [5, 5.41) is 10.9. The van der Waals surface area contributed by atoms with Crippen LogP contribution in [-0.2, 0) is 6.61 Å². The molecule has 1 aromatic heterocycles. The van der Waals surface area contributed by atoms with E-state index in [1.165, 1.54) is 0 Å². The van der Waals surface area contributed by atoms with Gasteiger partial charge in [0.05, 0.1) is 6.21 Å². The Hall–Kier alpha value is -3.19. The average molecular weight is 370 g/mol. The van der Waals surface area contributed by atoms with E-state index in [1.54, 1.807) is 13.1 Å². The second-order valence-corrected chi connectivity index (χ2v) is 5.83. The van der Waals surface area contributed by atoms with E-state index >= 15 is 0 Å². The van der Waals surface area contributed by atoms with E-state index in [0.717, 1.165) is 11.1 Å². The van der Waals surface area contributed by atoms with Crippen molar-refractivity contribution in [1.29, 1.82) is 0 Å². The number of ether oxygens (including phenoxy) is 1. The van der Waals surface area contributed by atoms with Crippen molar-refractivity contribution in [3.8, 4) is 5.75 Å². The molecule has 0 aliphatic heterocycles. The number of nitrogens with one attached hydrogen (secondary N) is 2. The Morgan fingerprint density at radius 1 is 1.23 bits per heavy atom. The summed E-state index contributed by atoms with van der Waals surface area (Å²) >= 11 is 5.89. The van der Waals surface area contributed by atoms with Gasteiger partial charge in [-0.25, -0.2) is 9.89 Å². The van der Waals surface area contributed by atoms with Crippen LogP contribution in [0.5, 0.6) is 5.75 Å². The van der Waals surface area contributed by atoms with Gasteiger partial charge in [-0.3, -0.25) is 5.43 Å². The van der Waals surface area contributed by atoms with E-state index in [4.69, 9.17) is 16.3 Å². The van der Waals surface area contributed by atoms with E-state index < -0.39 is 5.69 Å². The van der Waals surface area contributed by atoms with Crippen molar-refractivity contribution >= 4 is 23.6 Å². The molecule has 3 aromatic rings. The van der Waals surface area contributed by atoms with Gasteiger partial charge in [0.25, 0.3) is 0 Å². The molecule has 1 heterocycles. The molecular weight excluding hydrogens is 354 g/mol. The zero-order valence-electron chi connectivity index (χ0n) is 13.9. The molecule has 7 nitrogen and oxygen atoms in total. The molecule has 0 aliphatic carbocycles. The summed E-state index contributed by atoms with van der Waals surface area (Å²) in [7, 11) is 0. The third-order valence-corrected chi connectivity index (χ3v) is 3.73. The van der Waals surface area contributed by atoms with Crippen molar-refractivity contribution in [3.05, 3.63) is 80.9 Å². The highest BCUT2D eigenvalue weighted by Crippen LogP contribution is 2.18. The largest absolute Gasteiger partial charge is 0.488 e. The topological polar surface area (TPSA) is 92.3 Å². The summed E-state index contributed by atoms with van der Waals surface area (Å²) in [6, 6.07) is 15.0. The van der Waals surface area contributed by atoms with Crippen LogP contribution >= 0.6 is 11.6 Å². The molecule has 0 fully saturated rings. The summed E-state index contributed by atoms with van der Waals surface area (Å²) in [6.45, 7) is 2.12. The summed E-state index contributed by atoms with van der Waals surface area (Å²) in [5.41, 5.74) is 4.50. The van der Waals surface area contributed by atoms with E-state index in [2.05, 4.69) is 25.7 Å². The molecule has 0 unspecified atom stereocenters. The molecule has 3 rings (SSSR count). The number of aromatic amines is 1. The number of anilines is 1. The van der Waals surface area contributed by atoms with Crippen LogP contribution in [-0.4, -0.2) is 21.4 Å². The van der Waals surface area contributed by atoms with E-state index in [-0.39, 0.29) is 0 Å². The quantitative estimate of drug-likeness (QED) is 0.514. The maximum Gasteiger partial charge on any atom is 0.363 e. The molecule has 0 saturated heterocycles. The lowest BCUT2D eigenvalue weighted by Crippen LogP contribution is -2.15. The van der Waals surface area contributed by atoms with Crippen molar-refractivity contribution in [2.75, 3.05) is 5.43 Å².